The van der Waals surface area contributed by atoms with E-state index >= 15 is 0 Å². The summed E-state index contributed by atoms with van der Waals surface area (Å²) < 4.78 is 18.3. The van der Waals surface area contributed by atoms with Gasteiger partial charge in [-0.3, -0.25) is 9.59 Å². The number of anilines is 1. The lowest BCUT2D eigenvalue weighted by atomic mass is 10.1. The molecule has 2 rings (SSSR count). The molecule has 0 aliphatic rings. The standard InChI is InChI=1S/C20H23FN2O3/c1-15(24)16-3-7-18(8-4-16)22-20(25)11-12-23(2)13-14-26-19-9-5-17(21)6-10-19/h3-10H,11-14H2,1-2H3,(H,22,25). The number of rotatable bonds is 9. The molecule has 0 aromatic heterocycles. The first-order valence-corrected chi connectivity index (χ1v) is 8.42. The van der Waals surface area contributed by atoms with Gasteiger partial charge in [-0.1, -0.05) is 0 Å². The maximum Gasteiger partial charge on any atom is 0.225 e. The highest BCUT2D eigenvalue weighted by atomic mass is 19.1. The number of hydrogen-bond donors (Lipinski definition) is 1. The highest BCUT2D eigenvalue weighted by Crippen LogP contribution is 2.11. The molecule has 0 spiro atoms. The minimum atomic E-state index is -0.295. The Labute approximate surface area is 152 Å². The molecule has 0 fully saturated rings. The van der Waals surface area contributed by atoms with Gasteiger partial charge >= 0.3 is 0 Å². The Morgan fingerprint density at radius 1 is 1.04 bits per heavy atom. The van der Waals surface area contributed by atoms with E-state index in [-0.39, 0.29) is 17.5 Å². The highest BCUT2D eigenvalue weighted by Gasteiger charge is 2.06. The summed E-state index contributed by atoms with van der Waals surface area (Å²) in [4.78, 5) is 25.2. The van der Waals surface area contributed by atoms with Gasteiger partial charge in [0, 0.05) is 30.8 Å². The van der Waals surface area contributed by atoms with Crippen LogP contribution in [0.2, 0.25) is 0 Å². The molecule has 138 valence electrons. The average Bonchev–Trinajstić information content (AvgIpc) is 2.62. The Morgan fingerprint density at radius 3 is 2.31 bits per heavy atom. The second kappa shape index (κ2) is 9.68. The van der Waals surface area contributed by atoms with E-state index in [1.807, 2.05) is 11.9 Å². The monoisotopic (exact) mass is 358 g/mol. The fourth-order valence-corrected chi connectivity index (χ4v) is 2.27. The van der Waals surface area contributed by atoms with Crippen LogP contribution in [-0.4, -0.2) is 43.3 Å². The predicted molar refractivity (Wildman–Crippen MR) is 99.1 cm³/mol. The van der Waals surface area contributed by atoms with E-state index in [0.29, 0.717) is 43.1 Å². The molecule has 2 aromatic carbocycles. The van der Waals surface area contributed by atoms with Crippen LogP contribution in [0, 0.1) is 5.82 Å². The molecular formula is C20H23FN2O3. The molecule has 0 heterocycles. The largest absolute Gasteiger partial charge is 0.492 e. The van der Waals surface area contributed by atoms with Gasteiger partial charge in [-0.05, 0) is 62.5 Å². The van der Waals surface area contributed by atoms with Crippen LogP contribution in [0.25, 0.3) is 0 Å². The lowest BCUT2D eigenvalue weighted by Crippen LogP contribution is -2.28. The van der Waals surface area contributed by atoms with Crippen LogP contribution in [0.1, 0.15) is 23.7 Å². The number of carbonyl (C=O) groups is 2. The molecule has 0 radical (unpaired) electrons. The molecule has 0 saturated carbocycles. The van der Waals surface area contributed by atoms with Crippen molar-refractivity contribution in [3.05, 3.63) is 59.9 Å². The summed E-state index contributed by atoms with van der Waals surface area (Å²) in [6.45, 7) is 3.20. The van der Waals surface area contributed by atoms with E-state index in [2.05, 4.69) is 5.32 Å². The molecule has 6 heteroatoms. The van der Waals surface area contributed by atoms with E-state index in [1.165, 1.54) is 19.1 Å². The molecule has 0 unspecified atom stereocenters. The Kier molecular flexibility index (Phi) is 7.29. The number of nitrogens with zero attached hydrogens (tertiary/aromatic N) is 1. The first-order chi connectivity index (χ1) is 12.4. The van der Waals surface area contributed by atoms with Crippen molar-refractivity contribution in [2.24, 2.45) is 0 Å². The smallest absolute Gasteiger partial charge is 0.225 e. The van der Waals surface area contributed by atoms with Gasteiger partial charge in [0.25, 0.3) is 0 Å². The fourth-order valence-electron chi connectivity index (χ4n) is 2.27. The van der Waals surface area contributed by atoms with Gasteiger partial charge in [0.2, 0.25) is 5.91 Å². The number of ketones is 1. The molecule has 26 heavy (non-hydrogen) atoms. The zero-order chi connectivity index (χ0) is 18.9. The van der Waals surface area contributed by atoms with Crippen LogP contribution < -0.4 is 10.1 Å². The van der Waals surface area contributed by atoms with Crippen LogP contribution >= 0.6 is 0 Å². The molecule has 1 N–H and O–H groups in total. The molecule has 5 nitrogen and oxygen atoms in total. The van der Waals surface area contributed by atoms with Gasteiger partial charge in [-0.25, -0.2) is 4.39 Å². The van der Waals surface area contributed by atoms with Crippen molar-refractivity contribution >= 4 is 17.4 Å². The van der Waals surface area contributed by atoms with Crippen molar-refractivity contribution in [2.45, 2.75) is 13.3 Å². The predicted octanol–water partition coefficient (Wildman–Crippen LogP) is 3.37. The second-order valence-electron chi connectivity index (χ2n) is 6.04. The number of likely N-dealkylation sites (N-methyl/N-ethyl adjacent to an activating group) is 1. The number of ether oxygens (including phenoxy) is 1. The molecule has 0 aliphatic heterocycles. The Bertz CT molecular complexity index is 730. The quantitative estimate of drug-likeness (QED) is 0.698. The number of hydrogen-bond acceptors (Lipinski definition) is 4. The maximum absolute atomic E-state index is 12.8. The molecule has 0 atom stereocenters. The molecule has 0 bridgehead atoms. The minimum Gasteiger partial charge on any atom is -0.492 e. The zero-order valence-corrected chi connectivity index (χ0v) is 15.0. The van der Waals surface area contributed by atoms with Crippen LogP contribution in [0.4, 0.5) is 10.1 Å². The van der Waals surface area contributed by atoms with Gasteiger partial charge in [-0.2, -0.15) is 0 Å². The van der Waals surface area contributed by atoms with Gasteiger partial charge in [-0.15, -0.1) is 0 Å². The van der Waals surface area contributed by atoms with Crippen LogP contribution in [0.15, 0.2) is 48.5 Å². The first kappa shape index (κ1) is 19.6. The topological polar surface area (TPSA) is 58.6 Å². The number of carbonyl (C=O) groups excluding carboxylic acids is 2. The van der Waals surface area contributed by atoms with Crippen molar-refractivity contribution in [2.75, 3.05) is 32.1 Å². The van der Waals surface area contributed by atoms with E-state index in [9.17, 15) is 14.0 Å². The summed E-state index contributed by atoms with van der Waals surface area (Å²) in [5.74, 6) is 0.224. The third-order valence-corrected chi connectivity index (χ3v) is 3.85. The van der Waals surface area contributed by atoms with E-state index in [0.717, 1.165) is 0 Å². The Morgan fingerprint density at radius 2 is 1.69 bits per heavy atom. The summed E-state index contributed by atoms with van der Waals surface area (Å²) in [6.07, 6.45) is 0.349. The summed E-state index contributed by atoms with van der Waals surface area (Å²) in [5, 5.41) is 2.81. The number of nitrogens with one attached hydrogen (secondary N) is 1. The minimum absolute atomic E-state index is 0.00708. The molecule has 2 aromatic rings. The second-order valence-corrected chi connectivity index (χ2v) is 6.04. The molecule has 0 saturated heterocycles. The summed E-state index contributed by atoms with van der Waals surface area (Å²) >= 11 is 0. The zero-order valence-electron chi connectivity index (χ0n) is 15.0. The molecular weight excluding hydrogens is 335 g/mol. The maximum atomic E-state index is 12.8. The molecule has 1 amide bonds. The van der Waals surface area contributed by atoms with Crippen LogP contribution in [0.3, 0.4) is 0 Å². The van der Waals surface area contributed by atoms with E-state index in [4.69, 9.17) is 4.74 Å². The van der Waals surface area contributed by atoms with Crippen molar-refractivity contribution in [3.63, 3.8) is 0 Å². The summed E-state index contributed by atoms with van der Waals surface area (Å²) in [7, 11) is 1.91. The number of halogens is 1. The number of Topliss-reactive ketones (excluding diaryl/α,β-unsaturated/α-hetero) is 1. The van der Waals surface area contributed by atoms with Crippen molar-refractivity contribution in [1.29, 1.82) is 0 Å². The first-order valence-electron chi connectivity index (χ1n) is 8.42. The van der Waals surface area contributed by atoms with Gasteiger partial charge in [0.1, 0.15) is 18.2 Å². The number of amides is 1. The normalized spacial score (nSPS) is 10.6. The molecule has 0 aliphatic carbocycles. The summed E-state index contributed by atoms with van der Waals surface area (Å²) in [6, 6.07) is 12.7. The van der Waals surface area contributed by atoms with Crippen LogP contribution in [-0.2, 0) is 4.79 Å². The van der Waals surface area contributed by atoms with Gasteiger partial charge in [0.15, 0.2) is 5.78 Å². The van der Waals surface area contributed by atoms with Gasteiger partial charge < -0.3 is 15.0 Å². The SMILES string of the molecule is CC(=O)c1ccc(NC(=O)CCN(C)CCOc2ccc(F)cc2)cc1. The highest BCUT2D eigenvalue weighted by molar-refractivity contribution is 5.95. The van der Waals surface area contributed by atoms with E-state index in [1.54, 1.807) is 36.4 Å². The number of benzene rings is 2. The third kappa shape index (κ3) is 6.64. The van der Waals surface area contributed by atoms with Crippen molar-refractivity contribution in [3.8, 4) is 5.75 Å². The Hall–Kier alpha value is -2.73. The lowest BCUT2D eigenvalue weighted by Gasteiger charge is -2.16. The third-order valence-electron chi connectivity index (χ3n) is 3.85. The van der Waals surface area contributed by atoms with Crippen molar-refractivity contribution in [1.82, 2.24) is 4.90 Å². The average molecular weight is 358 g/mol. The van der Waals surface area contributed by atoms with E-state index < -0.39 is 0 Å². The fraction of sp³-hybridized carbons (Fsp3) is 0.300. The van der Waals surface area contributed by atoms with Gasteiger partial charge in [0.05, 0.1) is 0 Å². The lowest BCUT2D eigenvalue weighted by molar-refractivity contribution is -0.116. The van der Waals surface area contributed by atoms with Crippen LogP contribution in [0.5, 0.6) is 5.75 Å². The Balaban J connectivity index is 1.66. The summed E-state index contributed by atoms with van der Waals surface area (Å²) in [5.41, 5.74) is 1.28. The van der Waals surface area contributed by atoms with Crippen molar-refractivity contribution < 1.29 is 18.7 Å².